The molecule has 0 radical (unpaired) electrons. The Morgan fingerprint density at radius 1 is 1.33 bits per heavy atom. The van der Waals surface area contributed by atoms with Gasteiger partial charge in [0.15, 0.2) is 0 Å². The van der Waals surface area contributed by atoms with Crippen LogP contribution in [0.5, 0.6) is 0 Å². The van der Waals surface area contributed by atoms with Crippen LogP contribution in [0, 0.1) is 5.82 Å². The van der Waals surface area contributed by atoms with E-state index in [1.54, 1.807) is 19.1 Å². The largest absolute Gasteiger partial charge is 0.389 e. The monoisotopic (exact) mass is 170 g/mol. The van der Waals surface area contributed by atoms with Crippen LogP contribution in [0.1, 0.15) is 32.4 Å². The fraction of sp³-hybridized carbons (Fsp3) is 0.400. The van der Waals surface area contributed by atoms with Crippen molar-refractivity contribution in [3.8, 4) is 0 Å². The van der Waals surface area contributed by atoms with Crippen molar-refractivity contribution in [3.63, 3.8) is 0 Å². The van der Waals surface area contributed by atoms with Crippen LogP contribution in [0.4, 0.5) is 4.39 Å². The van der Waals surface area contributed by atoms with Gasteiger partial charge in [0.1, 0.15) is 5.82 Å². The summed E-state index contributed by atoms with van der Waals surface area (Å²) in [5, 5.41) is 8.98. The van der Waals surface area contributed by atoms with Gasteiger partial charge in [0.05, 0.1) is 6.10 Å². The molecule has 0 fully saturated rings. The Balaban J connectivity index is 0.000000561. The molecule has 1 aromatic carbocycles. The minimum Gasteiger partial charge on any atom is -0.389 e. The third-order valence-corrected chi connectivity index (χ3v) is 1.33. The quantitative estimate of drug-likeness (QED) is 0.687. The second kappa shape index (κ2) is 5.72. The predicted octanol–water partition coefficient (Wildman–Crippen LogP) is 2.91. The Morgan fingerprint density at radius 3 is 2.25 bits per heavy atom. The Labute approximate surface area is 72.9 Å². The molecule has 0 saturated carbocycles. The summed E-state index contributed by atoms with van der Waals surface area (Å²) >= 11 is 0. The lowest BCUT2D eigenvalue weighted by atomic mass is 10.1. The molecule has 1 rings (SSSR count). The molecular weight excluding hydrogens is 155 g/mol. The van der Waals surface area contributed by atoms with E-state index in [9.17, 15) is 4.39 Å². The highest BCUT2D eigenvalue weighted by molar-refractivity contribution is 5.17. The molecule has 0 unspecified atom stereocenters. The van der Waals surface area contributed by atoms with Crippen molar-refractivity contribution < 1.29 is 9.50 Å². The smallest absolute Gasteiger partial charge is 0.123 e. The molecule has 0 aliphatic carbocycles. The number of rotatable bonds is 1. The second-order valence-corrected chi connectivity index (χ2v) is 2.23. The molecule has 2 heteroatoms. The molecule has 0 bridgehead atoms. The molecule has 0 saturated heterocycles. The predicted molar refractivity (Wildman–Crippen MR) is 48.4 cm³/mol. The van der Waals surface area contributed by atoms with Gasteiger partial charge in [0, 0.05) is 0 Å². The van der Waals surface area contributed by atoms with Crippen molar-refractivity contribution in [3.05, 3.63) is 35.6 Å². The van der Waals surface area contributed by atoms with Crippen molar-refractivity contribution in [1.29, 1.82) is 0 Å². The van der Waals surface area contributed by atoms with Crippen LogP contribution < -0.4 is 0 Å². The number of hydrogen-bond acceptors (Lipinski definition) is 1. The summed E-state index contributed by atoms with van der Waals surface area (Å²) in [6, 6.07) is 5.95. The molecule has 0 spiro atoms. The molecule has 1 aromatic rings. The zero-order chi connectivity index (χ0) is 9.56. The van der Waals surface area contributed by atoms with Gasteiger partial charge in [-0.15, -0.1) is 0 Å². The molecule has 12 heavy (non-hydrogen) atoms. The normalized spacial score (nSPS) is 11.4. The van der Waals surface area contributed by atoms with Gasteiger partial charge in [-0.2, -0.15) is 0 Å². The molecule has 0 amide bonds. The van der Waals surface area contributed by atoms with Gasteiger partial charge in [-0.3, -0.25) is 0 Å². The van der Waals surface area contributed by atoms with Gasteiger partial charge in [-0.05, 0) is 24.6 Å². The van der Waals surface area contributed by atoms with Crippen molar-refractivity contribution in [1.82, 2.24) is 0 Å². The van der Waals surface area contributed by atoms with Crippen LogP contribution in [0.2, 0.25) is 0 Å². The van der Waals surface area contributed by atoms with Crippen molar-refractivity contribution in [2.24, 2.45) is 0 Å². The summed E-state index contributed by atoms with van der Waals surface area (Å²) in [5.74, 6) is -0.307. The van der Waals surface area contributed by atoms with E-state index in [2.05, 4.69) is 0 Å². The van der Waals surface area contributed by atoms with Crippen LogP contribution in [-0.4, -0.2) is 5.11 Å². The first-order valence-electron chi connectivity index (χ1n) is 4.13. The van der Waals surface area contributed by atoms with E-state index in [-0.39, 0.29) is 5.82 Å². The zero-order valence-electron chi connectivity index (χ0n) is 7.71. The third-order valence-electron chi connectivity index (χ3n) is 1.33. The molecular formula is C10H15FO. The van der Waals surface area contributed by atoms with Gasteiger partial charge in [-0.1, -0.05) is 26.0 Å². The van der Waals surface area contributed by atoms with Crippen molar-refractivity contribution in [2.75, 3.05) is 0 Å². The molecule has 1 atom stereocenters. The summed E-state index contributed by atoms with van der Waals surface area (Å²) < 4.78 is 12.4. The van der Waals surface area contributed by atoms with E-state index in [4.69, 9.17) is 5.11 Å². The Morgan fingerprint density at radius 2 is 1.92 bits per heavy atom. The molecule has 1 N–H and O–H groups in total. The minimum absolute atomic E-state index is 0.307. The van der Waals surface area contributed by atoms with Crippen molar-refractivity contribution in [2.45, 2.75) is 26.9 Å². The maximum Gasteiger partial charge on any atom is 0.123 e. The van der Waals surface area contributed by atoms with Gasteiger partial charge >= 0.3 is 0 Å². The topological polar surface area (TPSA) is 20.2 Å². The Hall–Kier alpha value is -0.890. The SMILES string of the molecule is CC.C[C@@H](O)c1cccc(F)c1. The maximum atomic E-state index is 12.4. The summed E-state index contributed by atoms with van der Waals surface area (Å²) in [7, 11) is 0. The summed E-state index contributed by atoms with van der Waals surface area (Å²) in [6.07, 6.45) is -0.587. The highest BCUT2D eigenvalue weighted by Gasteiger charge is 1.99. The molecule has 0 aliphatic rings. The Bertz CT molecular complexity index is 221. The van der Waals surface area contributed by atoms with E-state index in [0.29, 0.717) is 5.56 Å². The lowest BCUT2D eigenvalue weighted by Crippen LogP contribution is -1.90. The fourth-order valence-electron chi connectivity index (χ4n) is 0.766. The molecule has 68 valence electrons. The molecule has 0 aliphatic heterocycles. The fourth-order valence-corrected chi connectivity index (χ4v) is 0.766. The van der Waals surface area contributed by atoms with Crippen LogP contribution >= 0.6 is 0 Å². The standard InChI is InChI=1S/C8H9FO.C2H6/c1-6(10)7-3-2-4-8(9)5-7;1-2/h2-6,10H,1H3;1-2H3/t6-;/m1./s1. The first-order valence-corrected chi connectivity index (χ1v) is 4.13. The third kappa shape index (κ3) is 3.49. The van der Waals surface area contributed by atoms with Gasteiger partial charge < -0.3 is 5.11 Å². The first kappa shape index (κ1) is 11.1. The van der Waals surface area contributed by atoms with Crippen LogP contribution in [-0.2, 0) is 0 Å². The van der Waals surface area contributed by atoms with E-state index in [0.717, 1.165) is 0 Å². The minimum atomic E-state index is -0.587. The Kier molecular flexibility index (Phi) is 5.30. The lowest BCUT2D eigenvalue weighted by Gasteiger charge is -2.02. The number of benzene rings is 1. The number of aliphatic hydroxyl groups excluding tert-OH is 1. The summed E-state index contributed by atoms with van der Waals surface area (Å²) in [5.41, 5.74) is 0.611. The number of hydrogen-bond donors (Lipinski definition) is 1. The number of aliphatic hydroxyl groups is 1. The molecule has 1 nitrogen and oxygen atoms in total. The van der Waals surface area contributed by atoms with E-state index < -0.39 is 6.10 Å². The highest BCUT2D eigenvalue weighted by Crippen LogP contribution is 2.11. The van der Waals surface area contributed by atoms with Gasteiger partial charge in [-0.25, -0.2) is 4.39 Å². The van der Waals surface area contributed by atoms with E-state index >= 15 is 0 Å². The van der Waals surface area contributed by atoms with Crippen molar-refractivity contribution >= 4 is 0 Å². The van der Waals surface area contributed by atoms with Crippen LogP contribution in [0.3, 0.4) is 0 Å². The molecule has 0 heterocycles. The number of halogens is 1. The maximum absolute atomic E-state index is 12.4. The van der Waals surface area contributed by atoms with Crippen LogP contribution in [0.25, 0.3) is 0 Å². The highest BCUT2D eigenvalue weighted by atomic mass is 19.1. The first-order chi connectivity index (χ1) is 5.70. The van der Waals surface area contributed by atoms with E-state index in [1.807, 2.05) is 13.8 Å². The lowest BCUT2D eigenvalue weighted by molar-refractivity contribution is 0.199. The molecule has 0 aromatic heterocycles. The van der Waals surface area contributed by atoms with Gasteiger partial charge in [0.2, 0.25) is 0 Å². The summed E-state index contributed by atoms with van der Waals surface area (Å²) in [6.45, 7) is 5.61. The second-order valence-electron chi connectivity index (χ2n) is 2.23. The van der Waals surface area contributed by atoms with Crippen LogP contribution in [0.15, 0.2) is 24.3 Å². The average molecular weight is 170 g/mol. The average Bonchev–Trinajstić information content (AvgIpc) is 2.08. The van der Waals surface area contributed by atoms with Gasteiger partial charge in [0.25, 0.3) is 0 Å². The van der Waals surface area contributed by atoms with E-state index in [1.165, 1.54) is 12.1 Å². The zero-order valence-corrected chi connectivity index (χ0v) is 7.71. The summed E-state index contributed by atoms with van der Waals surface area (Å²) in [4.78, 5) is 0.